The first-order valence-electron chi connectivity index (χ1n) is 14.5. The SMILES string of the molecule is CC(C)C[C@H](O)[C@H]1CCN(Cc2ccccc2)C1.O=C(O[C@@H](C(=O)O)[C@@H](OC(=O)c1ccccc1)C(=O)O)c1ccccc1. The van der Waals surface area contributed by atoms with Crippen LogP contribution in [0.2, 0.25) is 0 Å². The van der Waals surface area contributed by atoms with Gasteiger partial charge in [0.15, 0.2) is 0 Å². The Morgan fingerprint density at radius 3 is 1.59 bits per heavy atom. The molecule has 10 nitrogen and oxygen atoms in total. The molecule has 0 saturated carbocycles. The highest BCUT2D eigenvalue weighted by Gasteiger charge is 2.41. The maximum atomic E-state index is 12.0. The van der Waals surface area contributed by atoms with Gasteiger partial charge in [0.1, 0.15) is 0 Å². The van der Waals surface area contributed by atoms with E-state index in [0.29, 0.717) is 11.8 Å². The molecule has 1 aliphatic rings. The molecule has 3 aromatic carbocycles. The molecule has 4 atom stereocenters. The largest absolute Gasteiger partial charge is 0.478 e. The predicted octanol–water partition coefficient (Wildman–Crippen LogP) is 4.52. The molecule has 0 aromatic heterocycles. The normalized spacial score (nSPS) is 16.6. The molecule has 0 radical (unpaired) electrons. The van der Waals surface area contributed by atoms with Crippen molar-refractivity contribution in [3.63, 3.8) is 0 Å². The van der Waals surface area contributed by atoms with Gasteiger partial charge in [0.05, 0.1) is 17.2 Å². The number of aliphatic carboxylic acids is 2. The molecule has 0 amide bonds. The van der Waals surface area contributed by atoms with Gasteiger partial charge in [-0.3, -0.25) is 4.90 Å². The number of likely N-dealkylation sites (tertiary alicyclic amines) is 1. The lowest BCUT2D eigenvalue weighted by molar-refractivity contribution is -0.166. The lowest BCUT2D eigenvalue weighted by Crippen LogP contribution is -2.45. The van der Waals surface area contributed by atoms with Gasteiger partial charge in [0.25, 0.3) is 0 Å². The molecule has 0 bridgehead atoms. The minimum Gasteiger partial charge on any atom is -0.478 e. The highest BCUT2D eigenvalue weighted by atomic mass is 16.6. The Kier molecular flexibility index (Phi) is 13.1. The Labute approximate surface area is 256 Å². The van der Waals surface area contributed by atoms with Crippen LogP contribution in [-0.2, 0) is 25.6 Å². The fourth-order valence-electron chi connectivity index (χ4n) is 4.84. The van der Waals surface area contributed by atoms with Crippen molar-refractivity contribution in [1.29, 1.82) is 0 Å². The quantitative estimate of drug-likeness (QED) is 0.251. The van der Waals surface area contributed by atoms with E-state index in [2.05, 4.69) is 49.1 Å². The number of hydrogen-bond donors (Lipinski definition) is 3. The van der Waals surface area contributed by atoms with Gasteiger partial charge in [-0.15, -0.1) is 0 Å². The second-order valence-electron chi connectivity index (χ2n) is 11.0. The van der Waals surface area contributed by atoms with Crippen molar-refractivity contribution in [3.8, 4) is 0 Å². The van der Waals surface area contributed by atoms with Gasteiger partial charge in [-0.1, -0.05) is 80.6 Å². The molecule has 1 heterocycles. The van der Waals surface area contributed by atoms with Gasteiger partial charge in [-0.25, -0.2) is 19.2 Å². The van der Waals surface area contributed by atoms with Crippen LogP contribution in [0, 0.1) is 11.8 Å². The molecular formula is C34H39NO9. The minimum absolute atomic E-state index is 0.0253. The summed E-state index contributed by atoms with van der Waals surface area (Å²) in [5, 5.41) is 28.7. The van der Waals surface area contributed by atoms with Gasteiger partial charge in [-0.2, -0.15) is 0 Å². The van der Waals surface area contributed by atoms with Crippen molar-refractivity contribution < 1.29 is 44.0 Å². The van der Waals surface area contributed by atoms with Crippen molar-refractivity contribution in [2.24, 2.45) is 11.8 Å². The molecule has 0 aliphatic carbocycles. The first-order chi connectivity index (χ1) is 21.0. The first kappa shape index (κ1) is 34.0. The van der Waals surface area contributed by atoms with E-state index in [9.17, 15) is 34.5 Å². The Morgan fingerprint density at radius 1 is 0.750 bits per heavy atom. The second-order valence-corrected chi connectivity index (χ2v) is 11.0. The van der Waals surface area contributed by atoms with Crippen LogP contribution in [0.3, 0.4) is 0 Å². The number of ether oxygens (including phenoxy) is 2. The number of aliphatic hydroxyl groups is 1. The fraction of sp³-hybridized carbons (Fsp3) is 0.353. The van der Waals surface area contributed by atoms with Crippen molar-refractivity contribution in [1.82, 2.24) is 4.90 Å². The van der Waals surface area contributed by atoms with Crippen LogP contribution in [0.5, 0.6) is 0 Å². The molecule has 10 heteroatoms. The molecule has 1 aliphatic heterocycles. The number of rotatable bonds is 12. The van der Waals surface area contributed by atoms with Crippen molar-refractivity contribution in [2.45, 2.75) is 51.5 Å². The highest BCUT2D eigenvalue weighted by Crippen LogP contribution is 2.25. The highest BCUT2D eigenvalue weighted by molar-refractivity contribution is 5.95. The van der Waals surface area contributed by atoms with Crippen molar-refractivity contribution in [2.75, 3.05) is 13.1 Å². The van der Waals surface area contributed by atoms with Crippen LogP contribution in [0.4, 0.5) is 0 Å². The zero-order valence-electron chi connectivity index (χ0n) is 24.8. The fourth-order valence-corrected chi connectivity index (χ4v) is 4.84. The summed E-state index contributed by atoms with van der Waals surface area (Å²) in [5.41, 5.74) is 1.42. The number of benzene rings is 3. The minimum atomic E-state index is -2.21. The summed E-state index contributed by atoms with van der Waals surface area (Å²) in [4.78, 5) is 49.3. The topological polar surface area (TPSA) is 151 Å². The van der Waals surface area contributed by atoms with Crippen LogP contribution < -0.4 is 0 Å². The molecule has 44 heavy (non-hydrogen) atoms. The number of esters is 2. The van der Waals surface area contributed by atoms with E-state index in [1.807, 2.05) is 0 Å². The van der Waals surface area contributed by atoms with Gasteiger partial charge in [-0.05, 0) is 61.1 Å². The molecule has 234 valence electrons. The number of carboxylic acids is 2. The lowest BCUT2D eigenvalue weighted by atomic mass is 9.94. The monoisotopic (exact) mass is 605 g/mol. The zero-order chi connectivity index (χ0) is 32.1. The third-order valence-corrected chi connectivity index (χ3v) is 7.06. The number of hydrogen-bond acceptors (Lipinski definition) is 8. The van der Waals surface area contributed by atoms with Gasteiger partial charge in [0, 0.05) is 13.1 Å². The third-order valence-electron chi connectivity index (χ3n) is 7.06. The van der Waals surface area contributed by atoms with E-state index in [4.69, 9.17) is 9.47 Å². The maximum Gasteiger partial charge on any atom is 0.349 e. The third kappa shape index (κ3) is 10.6. The lowest BCUT2D eigenvalue weighted by Gasteiger charge is -2.21. The maximum absolute atomic E-state index is 12.0. The van der Waals surface area contributed by atoms with Crippen LogP contribution in [0.25, 0.3) is 0 Å². The molecule has 3 aromatic rings. The van der Waals surface area contributed by atoms with E-state index >= 15 is 0 Å². The van der Waals surface area contributed by atoms with Crippen molar-refractivity contribution >= 4 is 23.9 Å². The molecule has 1 fully saturated rings. The molecule has 0 unspecified atom stereocenters. The Balaban J connectivity index is 0.000000257. The van der Waals surface area contributed by atoms with Crippen molar-refractivity contribution in [3.05, 3.63) is 108 Å². The van der Waals surface area contributed by atoms with Gasteiger partial charge >= 0.3 is 23.9 Å². The second kappa shape index (κ2) is 16.9. The van der Waals surface area contributed by atoms with E-state index in [-0.39, 0.29) is 17.2 Å². The van der Waals surface area contributed by atoms with Crippen LogP contribution in [0.1, 0.15) is 53.0 Å². The molecule has 0 spiro atoms. The van der Waals surface area contributed by atoms with Gasteiger partial charge < -0.3 is 24.8 Å². The Bertz CT molecular complexity index is 1280. The summed E-state index contributed by atoms with van der Waals surface area (Å²) < 4.78 is 9.52. The average Bonchev–Trinajstić information content (AvgIpc) is 3.48. The summed E-state index contributed by atoms with van der Waals surface area (Å²) >= 11 is 0. The Morgan fingerprint density at radius 2 is 1.18 bits per heavy atom. The summed E-state index contributed by atoms with van der Waals surface area (Å²) in [7, 11) is 0. The van der Waals surface area contributed by atoms with E-state index in [0.717, 1.165) is 32.5 Å². The molecular weight excluding hydrogens is 566 g/mol. The summed E-state index contributed by atoms with van der Waals surface area (Å²) in [6, 6.07) is 25.4. The number of carbonyl (C=O) groups is 4. The molecule has 4 rings (SSSR count). The standard InChI is InChI=1S/C18H14O8.C16H25NO/c19-15(20)13(25-17(23)11-7-3-1-4-8-11)14(16(21)22)26-18(24)12-9-5-2-6-10-12;1-13(2)10-16(18)15-8-9-17(12-15)11-14-6-4-3-5-7-14/h1-10,13-14H,(H,19,20)(H,21,22);3-7,13,15-16,18H,8-12H2,1-2H3/t13-,14-;15-,16-/m10/s1. The van der Waals surface area contributed by atoms with Crippen LogP contribution in [0.15, 0.2) is 91.0 Å². The number of carboxylic acid groups (broad SMARTS) is 2. The van der Waals surface area contributed by atoms with Crippen LogP contribution in [-0.4, -0.2) is 75.5 Å². The number of carbonyl (C=O) groups excluding carboxylic acids is 2. The first-order valence-corrected chi connectivity index (χ1v) is 14.5. The van der Waals surface area contributed by atoms with Crippen LogP contribution >= 0.6 is 0 Å². The Hall–Kier alpha value is -4.54. The van der Waals surface area contributed by atoms with E-state index in [1.54, 1.807) is 12.1 Å². The van der Waals surface area contributed by atoms with E-state index < -0.39 is 36.1 Å². The summed E-state index contributed by atoms with van der Waals surface area (Å²) in [6.45, 7) is 7.54. The van der Waals surface area contributed by atoms with Gasteiger partial charge in [0.2, 0.25) is 12.2 Å². The summed E-state index contributed by atoms with van der Waals surface area (Å²) in [6.07, 6.45) is -2.48. The van der Waals surface area contributed by atoms with E-state index in [1.165, 1.54) is 54.1 Å². The smallest absolute Gasteiger partial charge is 0.349 e. The predicted molar refractivity (Wildman–Crippen MR) is 162 cm³/mol. The number of nitrogens with zero attached hydrogens (tertiary/aromatic N) is 1. The number of aliphatic hydroxyl groups excluding tert-OH is 1. The summed E-state index contributed by atoms with van der Waals surface area (Å²) in [5.74, 6) is -4.58. The zero-order valence-corrected chi connectivity index (χ0v) is 24.8. The average molecular weight is 606 g/mol. The molecule has 3 N–H and O–H groups in total. The molecule has 1 saturated heterocycles.